The topological polar surface area (TPSA) is 0 Å². The fourth-order valence-corrected chi connectivity index (χ4v) is 2.46. The molecule has 0 saturated carbocycles. The Balaban J connectivity index is 2.57. The summed E-state index contributed by atoms with van der Waals surface area (Å²) in [6.45, 7) is 2.14. The zero-order chi connectivity index (χ0) is 9.26. The Morgan fingerprint density at radius 1 is 1.23 bits per heavy atom. The van der Waals surface area contributed by atoms with Crippen molar-refractivity contribution in [2.75, 3.05) is 0 Å². The standard InChI is InChI=1S/C11H9BrS/c1-8-4-5-9(12)7-10(8)11-3-2-6-13-11/h2-7H,1H3. The normalized spacial score (nSPS) is 10.3. The Hall–Kier alpha value is -0.600. The number of aryl methyl sites for hydroxylation is 1. The maximum atomic E-state index is 3.49. The Labute approximate surface area is 90.4 Å². The molecule has 1 aromatic heterocycles. The van der Waals surface area contributed by atoms with Crippen LogP contribution in [-0.4, -0.2) is 0 Å². The van der Waals surface area contributed by atoms with E-state index in [9.17, 15) is 0 Å². The highest BCUT2D eigenvalue weighted by Gasteiger charge is 2.02. The molecule has 0 aliphatic heterocycles. The third-order valence-electron chi connectivity index (χ3n) is 1.99. The summed E-state index contributed by atoms with van der Waals surface area (Å²) >= 11 is 5.26. The molecule has 1 heterocycles. The van der Waals surface area contributed by atoms with Crippen LogP contribution in [0.1, 0.15) is 5.56 Å². The number of benzene rings is 1. The third kappa shape index (κ3) is 1.84. The van der Waals surface area contributed by atoms with Gasteiger partial charge in [0.15, 0.2) is 0 Å². The minimum atomic E-state index is 1.14. The van der Waals surface area contributed by atoms with Crippen molar-refractivity contribution in [2.45, 2.75) is 6.92 Å². The Morgan fingerprint density at radius 3 is 2.77 bits per heavy atom. The molecule has 0 amide bonds. The number of hydrogen-bond acceptors (Lipinski definition) is 1. The molecule has 0 radical (unpaired) electrons. The van der Waals surface area contributed by atoms with Crippen LogP contribution in [0, 0.1) is 6.92 Å². The quantitative estimate of drug-likeness (QED) is 0.702. The summed E-state index contributed by atoms with van der Waals surface area (Å²) in [5.41, 5.74) is 2.65. The van der Waals surface area contributed by atoms with Crippen LogP contribution in [0.3, 0.4) is 0 Å². The summed E-state index contributed by atoms with van der Waals surface area (Å²) in [6.07, 6.45) is 0. The summed E-state index contributed by atoms with van der Waals surface area (Å²) < 4.78 is 1.14. The van der Waals surface area contributed by atoms with Crippen LogP contribution in [0.25, 0.3) is 10.4 Å². The van der Waals surface area contributed by atoms with Gasteiger partial charge < -0.3 is 0 Å². The molecule has 0 bridgehead atoms. The van der Waals surface area contributed by atoms with E-state index in [2.05, 4.69) is 58.6 Å². The Morgan fingerprint density at radius 2 is 2.08 bits per heavy atom. The highest BCUT2D eigenvalue weighted by molar-refractivity contribution is 9.10. The minimum absolute atomic E-state index is 1.14. The third-order valence-corrected chi connectivity index (χ3v) is 3.38. The molecule has 0 nitrogen and oxygen atoms in total. The van der Waals surface area contributed by atoms with E-state index < -0.39 is 0 Å². The van der Waals surface area contributed by atoms with Crippen molar-refractivity contribution < 1.29 is 0 Å². The number of halogens is 1. The molecule has 2 rings (SSSR count). The molecule has 0 N–H and O–H groups in total. The molecule has 0 unspecified atom stereocenters. The van der Waals surface area contributed by atoms with Crippen LogP contribution in [0.15, 0.2) is 40.2 Å². The van der Waals surface area contributed by atoms with E-state index in [-0.39, 0.29) is 0 Å². The Kier molecular flexibility index (Phi) is 2.51. The fourth-order valence-electron chi connectivity index (χ4n) is 1.29. The van der Waals surface area contributed by atoms with Gasteiger partial charge in [-0.25, -0.2) is 0 Å². The lowest BCUT2D eigenvalue weighted by molar-refractivity contribution is 1.46. The SMILES string of the molecule is Cc1ccc(Br)cc1-c1cccs1. The van der Waals surface area contributed by atoms with Crippen LogP contribution in [0.4, 0.5) is 0 Å². The lowest BCUT2D eigenvalue weighted by Crippen LogP contribution is -1.79. The van der Waals surface area contributed by atoms with Crippen LogP contribution < -0.4 is 0 Å². The molecule has 0 aliphatic carbocycles. The van der Waals surface area contributed by atoms with Gasteiger partial charge in [-0.2, -0.15) is 0 Å². The molecule has 1 aromatic carbocycles. The first-order chi connectivity index (χ1) is 6.27. The van der Waals surface area contributed by atoms with E-state index >= 15 is 0 Å². The van der Waals surface area contributed by atoms with Gasteiger partial charge in [0.05, 0.1) is 0 Å². The first kappa shape index (κ1) is 8.97. The van der Waals surface area contributed by atoms with E-state index in [1.807, 2.05) is 0 Å². The molecule has 0 aliphatic rings. The maximum absolute atomic E-state index is 3.49. The van der Waals surface area contributed by atoms with Crippen molar-refractivity contribution in [2.24, 2.45) is 0 Å². The van der Waals surface area contributed by atoms with Crippen LogP contribution in [0.2, 0.25) is 0 Å². The molecular formula is C11H9BrS. The van der Waals surface area contributed by atoms with Gasteiger partial charge >= 0.3 is 0 Å². The number of hydrogen-bond donors (Lipinski definition) is 0. The molecular weight excluding hydrogens is 244 g/mol. The van der Waals surface area contributed by atoms with Crippen LogP contribution >= 0.6 is 27.3 Å². The predicted molar refractivity (Wildman–Crippen MR) is 62.2 cm³/mol. The van der Waals surface area contributed by atoms with E-state index in [0.717, 1.165) is 4.47 Å². The van der Waals surface area contributed by atoms with Crippen LogP contribution in [0.5, 0.6) is 0 Å². The van der Waals surface area contributed by atoms with Crippen molar-refractivity contribution in [3.63, 3.8) is 0 Å². The van der Waals surface area contributed by atoms with Gasteiger partial charge in [0, 0.05) is 9.35 Å². The van der Waals surface area contributed by atoms with E-state index in [0.29, 0.717) is 0 Å². The lowest BCUT2D eigenvalue weighted by Gasteiger charge is -2.02. The van der Waals surface area contributed by atoms with Crippen molar-refractivity contribution in [1.82, 2.24) is 0 Å². The van der Waals surface area contributed by atoms with Gasteiger partial charge in [-0.1, -0.05) is 28.1 Å². The van der Waals surface area contributed by atoms with Crippen molar-refractivity contribution in [3.05, 3.63) is 45.7 Å². The monoisotopic (exact) mass is 252 g/mol. The summed E-state index contributed by atoms with van der Waals surface area (Å²) in [7, 11) is 0. The summed E-state index contributed by atoms with van der Waals surface area (Å²) in [6, 6.07) is 10.6. The van der Waals surface area contributed by atoms with E-state index in [4.69, 9.17) is 0 Å². The fraction of sp³-hybridized carbons (Fsp3) is 0.0909. The highest BCUT2D eigenvalue weighted by atomic mass is 79.9. The van der Waals surface area contributed by atoms with E-state index in [1.165, 1.54) is 16.0 Å². The lowest BCUT2D eigenvalue weighted by atomic mass is 10.1. The van der Waals surface area contributed by atoms with Crippen molar-refractivity contribution in [1.29, 1.82) is 0 Å². The van der Waals surface area contributed by atoms with Gasteiger partial charge in [-0.3, -0.25) is 0 Å². The molecule has 2 aromatic rings. The minimum Gasteiger partial charge on any atom is -0.144 e. The van der Waals surface area contributed by atoms with E-state index in [1.54, 1.807) is 11.3 Å². The first-order valence-corrected chi connectivity index (χ1v) is 5.74. The first-order valence-electron chi connectivity index (χ1n) is 4.07. The smallest absolute Gasteiger partial charge is 0.0345 e. The predicted octanol–water partition coefficient (Wildman–Crippen LogP) is 4.49. The molecule has 0 fully saturated rings. The van der Waals surface area contributed by atoms with Crippen LogP contribution in [-0.2, 0) is 0 Å². The van der Waals surface area contributed by atoms with Gasteiger partial charge in [0.25, 0.3) is 0 Å². The number of thiophene rings is 1. The van der Waals surface area contributed by atoms with Crippen molar-refractivity contribution in [3.8, 4) is 10.4 Å². The summed E-state index contributed by atoms with van der Waals surface area (Å²) in [5, 5.41) is 2.11. The second-order valence-corrected chi connectivity index (χ2v) is 4.80. The largest absolute Gasteiger partial charge is 0.144 e. The van der Waals surface area contributed by atoms with Crippen molar-refractivity contribution >= 4 is 27.3 Å². The van der Waals surface area contributed by atoms with Gasteiger partial charge in [0.1, 0.15) is 0 Å². The second kappa shape index (κ2) is 3.64. The summed E-state index contributed by atoms with van der Waals surface area (Å²) in [5.74, 6) is 0. The molecule has 0 atom stereocenters. The van der Waals surface area contributed by atoms with Gasteiger partial charge in [0.2, 0.25) is 0 Å². The highest BCUT2D eigenvalue weighted by Crippen LogP contribution is 2.29. The molecule has 2 heteroatoms. The second-order valence-electron chi connectivity index (χ2n) is 2.94. The maximum Gasteiger partial charge on any atom is 0.0345 e. The zero-order valence-corrected chi connectivity index (χ0v) is 9.65. The molecule has 13 heavy (non-hydrogen) atoms. The van der Waals surface area contributed by atoms with Gasteiger partial charge in [-0.05, 0) is 41.6 Å². The Bertz CT molecular complexity index is 404. The average molecular weight is 253 g/mol. The summed E-state index contributed by atoms with van der Waals surface area (Å²) in [4.78, 5) is 1.33. The average Bonchev–Trinajstić information content (AvgIpc) is 2.61. The molecule has 0 saturated heterocycles. The number of rotatable bonds is 1. The zero-order valence-electron chi connectivity index (χ0n) is 7.25. The molecule has 66 valence electrons. The molecule has 0 spiro atoms. The van der Waals surface area contributed by atoms with Gasteiger partial charge in [-0.15, -0.1) is 11.3 Å².